The SMILES string of the molecule is CC(NCc1ccccc1S(=O)(=O)NC(C)(C)C)c1ccncc1. The molecule has 0 amide bonds. The van der Waals surface area contributed by atoms with Crippen LogP contribution in [0.1, 0.15) is 44.9 Å². The molecule has 0 radical (unpaired) electrons. The van der Waals surface area contributed by atoms with E-state index in [0.29, 0.717) is 11.4 Å². The summed E-state index contributed by atoms with van der Waals surface area (Å²) in [6, 6.07) is 11.1. The van der Waals surface area contributed by atoms with Gasteiger partial charge < -0.3 is 5.32 Å². The van der Waals surface area contributed by atoms with Crippen molar-refractivity contribution in [3.05, 3.63) is 59.9 Å². The number of sulfonamides is 1. The number of nitrogens with one attached hydrogen (secondary N) is 2. The molecule has 1 atom stereocenters. The fourth-order valence-corrected chi connectivity index (χ4v) is 4.06. The third kappa shape index (κ3) is 5.12. The van der Waals surface area contributed by atoms with Crippen LogP contribution >= 0.6 is 0 Å². The molecule has 130 valence electrons. The number of nitrogens with zero attached hydrogens (tertiary/aromatic N) is 1. The standard InChI is InChI=1S/C18H25N3O2S/c1-14(15-9-11-19-12-10-15)20-13-16-7-5-6-8-17(16)24(22,23)21-18(2,3)4/h5-12,14,20-21H,13H2,1-4H3. The molecule has 0 saturated heterocycles. The van der Waals surface area contributed by atoms with E-state index < -0.39 is 15.6 Å². The zero-order valence-corrected chi connectivity index (χ0v) is 15.4. The molecule has 0 fully saturated rings. The lowest BCUT2D eigenvalue weighted by atomic mass is 10.1. The second-order valence-electron chi connectivity index (χ2n) is 6.85. The Morgan fingerprint density at radius 2 is 1.71 bits per heavy atom. The van der Waals surface area contributed by atoms with Gasteiger partial charge in [0.25, 0.3) is 0 Å². The Morgan fingerprint density at radius 3 is 2.33 bits per heavy atom. The van der Waals surface area contributed by atoms with E-state index in [1.54, 1.807) is 24.5 Å². The van der Waals surface area contributed by atoms with Crippen LogP contribution in [0.3, 0.4) is 0 Å². The van der Waals surface area contributed by atoms with Crippen LogP contribution in [0.2, 0.25) is 0 Å². The third-order valence-corrected chi connectivity index (χ3v) is 5.37. The zero-order chi connectivity index (χ0) is 17.8. The first-order chi connectivity index (χ1) is 11.2. The Bertz CT molecular complexity index is 768. The average Bonchev–Trinajstić information content (AvgIpc) is 2.51. The van der Waals surface area contributed by atoms with Crippen LogP contribution in [-0.4, -0.2) is 18.9 Å². The van der Waals surface area contributed by atoms with Crippen LogP contribution in [0.5, 0.6) is 0 Å². The van der Waals surface area contributed by atoms with Crippen molar-refractivity contribution in [3.8, 4) is 0 Å². The summed E-state index contributed by atoms with van der Waals surface area (Å²) in [5, 5.41) is 3.37. The zero-order valence-electron chi connectivity index (χ0n) is 14.6. The van der Waals surface area contributed by atoms with Gasteiger partial charge in [0.2, 0.25) is 10.0 Å². The highest BCUT2D eigenvalue weighted by Gasteiger charge is 2.24. The van der Waals surface area contributed by atoms with Crippen LogP contribution in [-0.2, 0) is 16.6 Å². The van der Waals surface area contributed by atoms with Crippen molar-refractivity contribution in [3.63, 3.8) is 0 Å². The van der Waals surface area contributed by atoms with Gasteiger partial charge in [-0.2, -0.15) is 0 Å². The van der Waals surface area contributed by atoms with Crippen LogP contribution in [0, 0.1) is 0 Å². The van der Waals surface area contributed by atoms with Crippen molar-refractivity contribution in [1.29, 1.82) is 0 Å². The lowest BCUT2D eigenvalue weighted by Crippen LogP contribution is -2.41. The maximum Gasteiger partial charge on any atom is 0.241 e. The Hall–Kier alpha value is -1.76. The highest BCUT2D eigenvalue weighted by atomic mass is 32.2. The molecule has 0 aliphatic carbocycles. The van der Waals surface area contributed by atoms with Gasteiger partial charge in [-0.1, -0.05) is 18.2 Å². The summed E-state index contributed by atoms with van der Waals surface area (Å²) in [6.07, 6.45) is 3.50. The Morgan fingerprint density at radius 1 is 1.08 bits per heavy atom. The van der Waals surface area contributed by atoms with E-state index in [1.807, 2.05) is 52.0 Å². The summed E-state index contributed by atoms with van der Waals surface area (Å²) in [6.45, 7) is 8.00. The monoisotopic (exact) mass is 347 g/mol. The topological polar surface area (TPSA) is 71.1 Å². The van der Waals surface area contributed by atoms with Crippen molar-refractivity contribution in [1.82, 2.24) is 15.0 Å². The lowest BCUT2D eigenvalue weighted by Gasteiger charge is -2.22. The van der Waals surface area contributed by atoms with Gasteiger partial charge in [-0.05, 0) is 57.0 Å². The molecule has 1 heterocycles. The molecule has 24 heavy (non-hydrogen) atoms. The predicted molar refractivity (Wildman–Crippen MR) is 96.0 cm³/mol. The van der Waals surface area contributed by atoms with Crippen LogP contribution in [0.15, 0.2) is 53.7 Å². The first-order valence-corrected chi connectivity index (χ1v) is 9.42. The van der Waals surface area contributed by atoms with Gasteiger partial charge in [-0.25, -0.2) is 13.1 Å². The second-order valence-corrected chi connectivity index (χ2v) is 8.50. The number of aromatic nitrogens is 1. The van der Waals surface area contributed by atoms with Crippen molar-refractivity contribution in [2.24, 2.45) is 0 Å². The molecule has 0 spiro atoms. The highest BCUT2D eigenvalue weighted by molar-refractivity contribution is 7.89. The van der Waals surface area contributed by atoms with E-state index in [4.69, 9.17) is 0 Å². The van der Waals surface area contributed by atoms with Gasteiger partial charge >= 0.3 is 0 Å². The lowest BCUT2D eigenvalue weighted by molar-refractivity contribution is 0.490. The van der Waals surface area contributed by atoms with E-state index >= 15 is 0 Å². The Balaban J connectivity index is 2.18. The fraction of sp³-hybridized carbons (Fsp3) is 0.389. The molecular weight excluding hydrogens is 322 g/mol. The predicted octanol–water partition coefficient (Wildman–Crippen LogP) is 3.01. The van der Waals surface area contributed by atoms with Crippen LogP contribution < -0.4 is 10.0 Å². The average molecular weight is 347 g/mol. The second kappa shape index (κ2) is 7.42. The quantitative estimate of drug-likeness (QED) is 0.843. The van der Waals surface area contributed by atoms with Crippen LogP contribution in [0.4, 0.5) is 0 Å². The van der Waals surface area contributed by atoms with E-state index in [1.165, 1.54) is 0 Å². The molecular formula is C18H25N3O2S. The highest BCUT2D eigenvalue weighted by Crippen LogP contribution is 2.19. The van der Waals surface area contributed by atoms with Gasteiger partial charge in [0.1, 0.15) is 0 Å². The van der Waals surface area contributed by atoms with Crippen LogP contribution in [0.25, 0.3) is 0 Å². The molecule has 2 rings (SSSR count). The molecule has 2 aromatic rings. The number of pyridine rings is 1. The van der Waals surface area contributed by atoms with Gasteiger partial charge in [-0.15, -0.1) is 0 Å². The minimum atomic E-state index is -3.56. The third-order valence-electron chi connectivity index (χ3n) is 3.51. The van der Waals surface area contributed by atoms with Gasteiger partial charge in [-0.3, -0.25) is 4.98 Å². The van der Waals surface area contributed by atoms with Crippen molar-refractivity contribution in [2.45, 2.75) is 50.7 Å². The van der Waals surface area contributed by atoms with Crippen molar-refractivity contribution < 1.29 is 8.42 Å². The minimum Gasteiger partial charge on any atom is -0.306 e. The Kier molecular flexibility index (Phi) is 5.74. The molecule has 1 aromatic carbocycles. The summed E-state index contributed by atoms with van der Waals surface area (Å²) >= 11 is 0. The van der Waals surface area contributed by atoms with Crippen molar-refractivity contribution >= 4 is 10.0 Å². The fourth-order valence-electron chi connectivity index (χ4n) is 2.40. The molecule has 0 aliphatic heterocycles. The van der Waals surface area contributed by atoms with E-state index in [2.05, 4.69) is 15.0 Å². The molecule has 1 unspecified atom stereocenters. The van der Waals surface area contributed by atoms with Crippen molar-refractivity contribution in [2.75, 3.05) is 0 Å². The molecule has 6 heteroatoms. The van der Waals surface area contributed by atoms with Gasteiger partial charge in [0.05, 0.1) is 4.90 Å². The normalized spacial score (nSPS) is 13.7. The van der Waals surface area contributed by atoms with Gasteiger partial charge in [0, 0.05) is 30.5 Å². The maximum atomic E-state index is 12.6. The first-order valence-electron chi connectivity index (χ1n) is 7.94. The summed E-state index contributed by atoms with van der Waals surface area (Å²) in [5.74, 6) is 0. The molecule has 5 nitrogen and oxygen atoms in total. The largest absolute Gasteiger partial charge is 0.306 e. The molecule has 2 N–H and O–H groups in total. The summed E-state index contributed by atoms with van der Waals surface area (Å²) in [4.78, 5) is 4.33. The smallest absolute Gasteiger partial charge is 0.241 e. The number of hydrogen-bond donors (Lipinski definition) is 2. The molecule has 0 bridgehead atoms. The first kappa shape index (κ1) is 18.6. The molecule has 1 aromatic heterocycles. The van der Waals surface area contributed by atoms with E-state index in [0.717, 1.165) is 11.1 Å². The molecule has 0 aliphatic rings. The van der Waals surface area contributed by atoms with E-state index in [9.17, 15) is 8.42 Å². The molecule has 0 saturated carbocycles. The summed E-state index contributed by atoms with van der Waals surface area (Å²) in [5.41, 5.74) is 1.33. The number of hydrogen-bond acceptors (Lipinski definition) is 4. The number of benzene rings is 1. The maximum absolute atomic E-state index is 12.6. The van der Waals surface area contributed by atoms with Gasteiger partial charge in [0.15, 0.2) is 0 Å². The van der Waals surface area contributed by atoms with E-state index in [-0.39, 0.29) is 6.04 Å². The Labute approximate surface area is 144 Å². The summed E-state index contributed by atoms with van der Waals surface area (Å²) in [7, 11) is -3.56. The minimum absolute atomic E-state index is 0.0966. The summed E-state index contributed by atoms with van der Waals surface area (Å²) < 4.78 is 28.0. The number of rotatable bonds is 6.